The van der Waals surface area contributed by atoms with E-state index in [1.165, 1.54) is 0 Å². The highest BCUT2D eigenvalue weighted by Gasteiger charge is 2.14. The minimum absolute atomic E-state index is 0.0891. The molecule has 0 amide bonds. The van der Waals surface area contributed by atoms with E-state index >= 15 is 0 Å². The number of thiol groups is 1. The molecule has 0 bridgehead atoms. The van der Waals surface area contributed by atoms with Crippen molar-refractivity contribution in [1.82, 2.24) is 0 Å². The molecule has 1 fully saturated rings. The smallest absolute Gasteiger partial charge is 0.191 e. The standard InChI is InChI=1S/C5H10O2S/c6-5-3-1-2-4-8(5)7/h7-8H,1-4H2. The lowest BCUT2D eigenvalue weighted by molar-refractivity contribution is -0.111. The molecule has 1 aliphatic rings. The van der Waals surface area contributed by atoms with Crippen LogP contribution < -0.4 is 0 Å². The summed E-state index contributed by atoms with van der Waals surface area (Å²) in [7, 11) is 0. The summed E-state index contributed by atoms with van der Waals surface area (Å²) in [6.07, 6.45) is 2.63. The minimum Gasteiger partial charge on any atom is -0.347 e. The van der Waals surface area contributed by atoms with Gasteiger partial charge >= 0.3 is 0 Å². The topological polar surface area (TPSA) is 37.3 Å². The van der Waals surface area contributed by atoms with E-state index in [4.69, 9.17) is 4.55 Å². The monoisotopic (exact) mass is 134 g/mol. The lowest BCUT2D eigenvalue weighted by Crippen LogP contribution is -2.07. The van der Waals surface area contributed by atoms with Crippen LogP contribution in [-0.4, -0.2) is 15.4 Å². The third-order valence-electron chi connectivity index (χ3n) is 1.30. The zero-order valence-corrected chi connectivity index (χ0v) is 5.53. The van der Waals surface area contributed by atoms with Crippen LogP contribution in [0.15, 0.2) is 0 Å². The highest BCUT2D eigenvalue weighted by molar-refractivity contribution is 8.25. The molecule has 0 radical (unpaired) electrons. The zero-order chi connectivity index (χ0) is 5.98. The van der Waals surface area contributed by atoms with Crippen molar-refractivity contribution in [2.75, 3.05) is 5.75 Å². The SMILES string of the molecule is O=C1CCCC[SH]1O. The molecule has 0 saturated carbocycles. The van der Waals surface area contributed by atoms with Gasteiger partial charge in [-0.05, 0) is 12.8 Å². The van der Waals surface area contributed by atoms with Crippen molar-refractivity contribution in [3.05, 3.63) is 0 Å². The fourth-order valence-corrected chi connectivity index (χ4v) is 1.98. The summed E-state index contributed by atoms with van der Waals surface area (Å²) in [5.41, 5.74) is 0. The van der Waals surface area contributed by atoms with Gasteiger partial charge in [-0.2, -0.15) is 0 Å². The number of rotatable bonds is 0. The molecule has 1 atom stereocenters. The van der Waals surface area contributed by atoms with E-state index in [1.54, 1.807) is 0 Å². The largest absolute Gasteiger partial charge is 0.347 e. The van der Waals surface area contributed by atoms with Gasteiger partial charge in [0, 0.05) is 12.2 Å². The van der Waals surface area contributed by atoms with Crippen LogP contribution in [0.1, 0.15) is 19.3 Å². The van der Waals surface area contributed by atoms with Gasteiger partial charge in [-0.1, -0.05) is 11.2 Å². The Hall–Kier alpha value is -0.0200. The first-order valence-corrected chi connectivity index (χ1v) is 4.28. The van der Waals surface area contributed by atoms with E-state index in [2.05, 4.69) is 0 Å². The minimum atomic E-state index is -1.19. The molecule has 1 unspecified atom stereocenters. The van der Waals surface area contributed by atoms with Crippen molar-refractivity contribution in [2.24, 2.45) is 0 Å². The molecule has 1 N–H and O–H groups in total. The average Bonchev–Trinajstić information content (AvgIpc) is 1.77. The van der Waals surface area contributed by atoms with Crippen molar-refractivity contribution < 1.29 is 9.35 Å². The molecule has 0 aromatic heterocycles. The second kappa shape index (κ2) is 2.51. The number of carbonyl (C=O) groups is 1. The zero-order valence-electron chi connectivity index (χ0n) is 4.63. The molecule has 0 aromatic carbocycles. The molecule has 0 aromatic rings. The van der Waals surface area contributed by atoms with Crippen molar-refractivity contribution >= 4 is 16.3 Å². The molecule has 1 saturated heterocycles. The Morgan fingerprint density at radius 1 is 1.50 bits per heavy atom. The maximum Gasteiger partial charge on any atom is 0.191 e. The summed E-state index contributed by atoms with van der Waals surface area (Å²) in [6, 6.07) is 0. The maximum atomic E-state index is 10.6. The van der Waals surface area contributed by atoms with Crippen LogP contribution in [0.5, 0.6) is 0 Å². The first-order valence-electron chi connectivity index (χ1n) is 2.80. The molecule has 2 nitrogen and oxygen atoms in total. The normalized spacial score (nSPS) is 35.1. The highest BCUT2D eigenvalue weighted by atomic mass is 32.2. The lowest BCUT2D eigenvalue weighted by Gasteiger charge is -2.17. The van der Waals surface area contributed by atoms with Gasteiger partial charge in [0.05, 0.1) is 0 Å². The third-order valence-corrected chi connectivity index (χ3v) is 2.84. The third kappa shape index (κ3) is 1.23. The van der Waals surface area contributed by atoms with Crippen molar-refractivity contribution in [3.63, 3.8) is 0 Å². The van der Waals surface area contributed by atoms with Gasteiger partial charge in [0.15, 0.2) is 5.12 Å². The molecule has 1 heterocycles. The van der Waals surface area contributed by atoms with E-state index in [-0.39, 0.29) is 5.12 Å². The Morgan fingerprint density at radius 2 is 2.25 bits per heavy atom. The van der Waals surface area contributed by atoms with Crippen LogP contribution in [0.4, 0.5) is 0 Å². The molecular weight excluding hydrogens is 124 g/mol. The summed E-state index contributed by atoms with van der Waals surface area (Å²) < 4.78 is 8.89. The molecule has 1 aliphatic heterocycles. The summed E-state index contributed by atoms with van der Waals surface area (Å²) >= 11 is -1.19. The Kier molecular flexibility index (Phi) is 1.91. The first-order chi connectivity index (χ1) is 3.80. The molecule has 8 heavy (non-hydrogen) atoms. The predicted molar refractivity (Wildman–Crippen MR) is 35.3 cm³/mol. The van der Waals surface area contributed by atoms with E-state index < -0.39 is 11.2 Å². The van der Waals surface area contributed by atoms with Gasteiger partial charge in [-0.15, -0.1) is 0 Å². The van der Waals surface area contributed by atoms with Gasteiger partial charge in [-0.25, -0.2) is 0 Å². The first kappa shape index (κ1) is 6.11. The van der Waals surface area contributed by atoms with Crippen LogP contribution in [0.2, 0.25) is 0 Å². The van der Waals surface area contributed by atoms with Crippen LogP contribution in [0.3, 0.4) is 0 Å². The van der Waals surface area contributed by atoms with E-state index in [0.717, 1.165) is 18.6 Å². The Morgan fingerprint density at radius 3 is 2.62 bits per heavy atom. The lowest BCUT2D eigenvalue weighted by atomic mass is 10.3. The number of hydrogen-bond acceptors (Lipinski definition) is 2. The van der Waals surface area contributed by atoms with Crippen LogP contribution in [0.25, 0.3) is 0 Å². The molecule has 48 valence electrons. The average molecular weight is 134 g/mol. The van der Waals surface area contributed by atoms with E-state index in [1.807, 2.05) is 0 Å². The summed E-state index contributed by atoms with van der Waals surface area (Å²) in [6.45, 7) is 0. The molecule has 0 aliphatic carbocycles. The van der Waals surface area contributed by atoms with Crippen molar-refractivity contribution in [2.45, 2.75) is 19.3 Å². The van der Waals surface area contributed by atoms with Crippen molar-refractivity contribution in [3.8, 4) is 0 Å². The maximum absolute atomic E-state index is 10.6. The predicted octanol–water partition coefficient (Wildman–Crippen LogP) is 1.17. The highest BCUT2D eigenvalue weighted by Crippen LogP contribution is 2.29. The Bertz CT molecular complexity index is 103. The van der Waals surface area contributed by atoms with Gasteiger partial charge in [0.25, 0.3) is 0 Å². The molecule has 1 rings (SSSR count). The fraction of sp³-hybridized carbons (Fsp3) is 0.800. The van der Waals surface area contributed by atoms with Gasteiger partial charge < -0.3 is 4.55 Å². The van der Waals surface area contributed by atoms with Crippen LogP contribution in [0, 0.1) is 0 Å². The van der Waals surface area contributed by atoms with E-state index in [9.17, 15) is 4.79 Å². The molecule has 0 spiro atoms. The quantitative estimate of drug-likeness (QED) is 0.488. The van der Waals surface area contributed by atoms with Crippen LogP contribution in [-0.2, 0) is 4.79 Å². The summed E-state index contributed by atoms with van der Waals surface area (Å²) in [5.74, 6) is 0.744. The number of hydrogen-bond donors (Lipinski definition) is 2. The Labute approximate surface area is 51.4 Å². The second-order valence-corrected chi connectivity index (χ2v) is 3.72. The van der Waals surface area contributed by atoms with Crippen molar-refractivity contribution in [1.29, 1.82) is 0 Å². The summed E-state index contributed by atoms with van der Waals surface area (Å²) in [5, 5.41) is 0.0891. The van der Waals surface area contributed by atoms with Gasteiger partial charge in [0.1, 0.15) is 0 Å². The molecular formula is C5H10O2S. The number of carbonyl (C=O) groups excluding carboxylic acids is 1. The summed E-state index contributed by atoms with van der Waals surface area (Å²) in [4.78, 5) is 10.6. The van der Waals surface area contributed by atoms with Gasteiger partial charge in [0.2, 0.25) is 0 Å². The molecule has 3 heteroatoms. The second-order valence-electron chi connectivity index (χ2n) is 1.97. The Balaban J connectivity index is 2.39. The van der Waals surface area contributed by atoms with Crippen LogP contribution >= 0.6 is 11.2 Å². The van der Waals surface area contributed by atoms with Gasteiger partial charge in [-0.3, -0.25) is 4.79 Å². The fourth-order valence-electron chi connectivity index (χ4n) is 0.792. The van der Waals surface area contributed by atoms with E-state index in [0.29, 0.717) is 6.42 Å².